The van der Waals surface area contributed by atoms with Gasteiger partial charge in [-0.05, 0) is 57.6 Å². The predicted octanol–water partition coefficient (Wildman–Crippen LogP) is 4.87. The first-order chi connectivity index (χ1) is 19.6. The van der Waals surface area contributed by atoms with E-state index in [1.54, 1.807) is 13.3 Å². The third-order valence-electron chi connectivity index (χ3n) is 7.30. The first-order valence-corrected chi connectivity index (χ1v) is 18.2. The minimum atomic E-state index is -1.23. The van der Waals surface area contributed by atoms with Crippen LogP contribution in [-0.2, 0) is 21.0 Å². The van der Waals surface area contributed by atoms with E-state index >= 15 is 0 Å². The molecule has 11 heteroatoms. The highest BCUT2D eigenvalue weighted by atomic mass is 28.3. The van der Waals surface area contributed by atoms with E-state index in [2.05, 4.69) is 34.8 Å². The van der Waals surface area contributed by atoms with Crippen molar-refractivity contribution < 1.29 is 23.7 Å². The summed E-state index contributed by atoms with van der Waals surface area (Å²) in [5.41, 5.74) is 2.40. The normalized spacial score (nSPS) is 18.6. The molecule has 2 aliphatic carbocycles. The Morgan fingerprint density at radius 1 is 1.17 bits per heavy atom. The van der Waals surface area contributed by atoms with Crippen LogP contribution in [0.4, 0.5) is 5.82 Å². The number of pyridine rings is 2. The van der Waals surface area contributed by atoms with Crippen LogP contribution in [0.1, 0.15) is 19.3 Å². The number of fused-ring (bicyclic) bond motifs is 1. The van der Waals surface area contributed by atoms with Gasteiger partial charge in [-0.1, -0.05) is 19.6 Å². The van der Waals surface area contributed by atoms with Gasteiger partial charge in [0.05, 0.1) is 37.4 Å². The minimum Gasteiger partial charge on any atom is -0.490 e. The molecule has 0 radical (unpaired) electrons. The van der Waals surface area contributed by atoms with Crippen molar-refractivity contribution in [2.45, 2.75) is 63.9 Å². The Hall–Kier alpha value is -2.99. The molecule has 2 atom stereocenters. The number of carbonyl (C=O) groups excluding carboxylic acids is 1. The number of ether oxygens (including phenoxy) is 4. The Balaban J connectivity index is 1.41. The lowest BCUT2D eigenvalue weighted by molar-refractivity contribution is -0.118. The summed E-state index contributed by atoms with van der Waals surface area (Å²) in [4.78, 5) is 24.4. The van der Waals surface area contributed by atoms with Gasteiger partial charge in [0.25, 0.3) is 0 Å². The highest BCUT2D eigenvalue weighted by Crippen LogP contribution is 2.43. The highest BCUT2D eigenvalue weighted by molar-refractivity contribution is 6.76. The average molecular weight is 582 g/mol. The molecule has 3 aromatic heterocycles. The number of methoxy groups -OCH3 is 1. The Morgan fingerprint density at radius 3 is 2.68 bits per heavy atom. The van der Waals surface area contributed by atoms with Gasteiger partial charge in [0.1, 0.15) is 23.9 Å². The largest absolute Gasteiger partial charge is 0.490 e. The maximum atomic E-state index is 13.0. The van der Waals surface area contributed by atoms with Crippen LogP contribution in [-0.4, -0.2) is 86.6 Å². The molecule has 5 rings (SSSR count). The lowest BCUT2D eigenvalue weighted by atomic mass is 10.1. The second-order valence-corrected chi connectivity index (χ2v) is 18.1. The van der Waals surface area contributed by atoms with Crippen molar-refractivity contribution in [3.05, 3.63) is 30.6 Å². The van der Waals surface area contributed by atoms with Crippen LogP contribution < -0.4 is 14.8 Å². The van der Waals surface area contributed by atoms with Gasteiger partial charge in [0, 0.05) is 44.6 Å². The fourth-order valence-corrected chi connectivity index (χ4v) is 5.36. The summed E-state index contributed by atoms with van der Waals surface area (Å²) in [5.74, 6) is 1.52. The Bertz CT molecular complexity index is 1370. The van der Waals surface area contributed by atoms with Crippen molar-refractivity contribution in [1.29, 1.82) is 0 Å². The number of hydrogen-bond donors (Lipinski definition) is 1. The summed E-state index contributed by atoms with van der Waals surface area (Å²) in [6.45, 7) is 9.49. The van der Waals surface area contributed by atoms with Crippen LogP contribution in [0.15, 0.2) is 30.6 Å². The number of likely N-dealkylation sites (N-methyl/N-ethyl adjacent to an activating group) is 1. The summed E-state index contributed by atoms with van der Waals surface area (Å²) in [6.07, 6.45) is 6.74. The average Bonchev–Trinajstić information content (AvgIpc) is 3.85. The SMILES string of the molecule is COc1nccc(OC2CC2)c1-c1cn(COCC[Si](C)(C)C)c2nc(NC(=O)C3CC3OCCN(C)C)ccc12. The van der Waals surface area contributed by atoms with Crippen molar-refractivity contribution in [3.63, 3.8) is 0 Å². The number of amides is 1. The van der Waals surface area contributed by atoms with Crippen LogP contribution in [0.3, 0.4) is 0 Å². The first-order valence-electron chi connectivity index (χ1n) is 14.5. The van der Waals surface area contributed by atoms with Gasteiger partial charge < -0.3 is 33.7 Å². The molecule has 0 aliphatic heterocycles. The monoisotopic (exact) mass is 581 g/mol. The van der Waals surface area contributed by atoms with Crippen LogP contribution in [0, 0.1) is 5.92 Å². The standard InChI is InChI=1S/C30H43N5O5Si/c1-34(2)13-14-39-25-17-22(25)29(36)33-26-10-9-21-23(18-35(28(21)32-26)19-38-15-16-41(4,5)6)27-24(40-20-7-8-20)11-12-31-30(27)37-3/h9-12,18,20,22,25H,7-8,13-17,19H2,1-6H3,(H,32,33,36). The fraction of sp³-hybridized carbons (Fsp3) is 0.567. The smallest absolute Gasteiger partial charge is 0.231 e. The zero-order valence-electron chi connectivity index (χ0n) is 25.1. The second-order valence-electron chi connectivity index (χ2n) is 12.5. The lowest BCUT2D eigenvalue weighted by Gasteiger charge is -2.15. The number of aromatic nitrogens is 3. The molecule has 0 spiro atoms. The van der Waals surface area contributed by atoms with E-state index in [-0.39, 0.29) is 24.0 Å². The zero-order valence-corrected chi connectivity index (χ0v) is 26.1. The summed E-state index contributed by atoms with van der Waals surface area (Å²) in [6, 6.07) is 6.78. The molecule has 2 unspecified atom stereocenters. The summed E-state index contributed by atoms with van der Waals surface area (Å²) >= 11 is 0. The molecule has 10 nitrogen and oxygen atoms in total. The molecular formula is C30H43N5O5Si. The molecule has 2 fully saturated rings. The number of anilines is 1. The molecule has 2 aliphatic rings. The van der Waals surface area contributed by atoms with Gasteiger partial charge in [-0.25, -0.2) is 9.97 Å². The molecule has 1 amide bonds. The third-order valence-corrected chi connectivity index (χ3v) is 9.00. The molecule has 222 valence electrons. The Kier molecular flexibility index (Phi) is 8.98. The number of hydrogen-bond acceptors (Lipinski definition) is 8. The maximum Gasteiger partial charge on any atom is 0.231 e. The van der Waals surface area contributed by atoms with Crippen LogP contribution in [0.2, 0.25) is 25.7 Å². The summed E-state index contributed by atoms with van der Waals surface area (Å²) in [7, 11) is 4.40. The zero-order chi connectivity index (χ0) is 29.1. The van der Waals surface area contributed by atoms with E-state index < -0.39 is 8.07 Å². The Labute approximate surface area is 243 Å². The number of nitrogens with zero attached hydrogens (tertiary/aromatic N) is 4. The van der Waals surface area contributed by atoms with E-state index in [0.717, 1.165) is 54.1 Å². The van der Waals surface area contributed by atoms with E-state index in [0.29, 0.717) is 37.3 Å². The van der Waals surface area contributed by atoms with Crippen molar-refractivity contribution in [3.8, 4) is 22.8 Å². The van der Waals surface area contributed by atoms with Crippen molar-refractivity contribution in [2.75, 3.05) is 46.3 Å². The Morgan fingerprint density at radius 2 is 1.98 bits per heavy atom. The molecule has 0 bridgehead atoms. The number of nitrogens with one attached hydrogen (secondary N) is 1. The van der Waals surface area contributed by atoms with Gasteiger partial charge in [-0.15, -0.1) is 0 Å². The molecule has 3 aromatic rings. The van der Waals surface area contributed by atoms with Gasteiger partial charge in [0.15, 0.2) is 0 Å². The van der Waals surface area contributed by atoms with E-state index in [4.69, 9.17) is 23.9 Å². The lowest BCUT2D eigenvalue weighted by Crippen LogP contribution is -2.22. The molecule has 3 heterocycles. The third kappa shape index (κ3) is 7.65. The highest BCUT2D eigenvalue weighted by Gasteiger charge is 2.44. The van der Waals surface area contributed by atoms with Gasteiger partial charge in [0.2, 0.25) is 11.8 Å². The van der Waals surface area contributed by atoms with Crippen LogP contribution in [0.5, 0.6) is 11.6 Å². The van der Waals surface area contributed by atoms with Crippen molar-refractivity contribution in [2.24, 2.45) is 5.92 Å². The molecule has 2 saturated carbocycles. The first kappa shape index (κ1) is 29.5. The van der Waals surface area contributed by atoms with Gasteiger partial charge >= 0.3 is 0 Å². The van der Waals surface area contributed by atoms with Crippen molar-refractivity contribution in [1.82, 2.24) is 19.4 Å². The number of carbonyl (C=O) groups is 1. The van der Waals surface area contributed by atoms with Gasteiger partial charge in [-0.2, -0.15) is 0 Å². The maximum absolute atomic E-state index is 13.0. The fourth-order valence-electron chi connectivity index (χ4n) is 4.60. The van der Waals surface area contributed by atoms with Gasteiger partial charge in [-0.3, -0.25) is 4.79 Å². The molecular weight excluding hydrogens is 538 g/mol. The minimum absolute atomic E-state index is 0.0307. The quantitative estimate of drug-likeness (QED) is 0.201. The summed E-state index contributed by atoms with van der Waals surface area (Å²) in [5, 5.41) is 3.91. The summed E-state index contributed by atoms with van der Waals surface area (Å²) < 4.78 is 25.9. The van der Waals surface area contributed by atoms with Crippen LogP contribution >= 0.6 is 0 Å². The number of rotatable bonds is 15. The van der Waals surface area contributed by atoms with Crippen LogP contribution in [0.25, 0.3) is 22.2 Å². The molecule has 1 N–H and O–H groups in total. The van der Waals surface area contributed by atoms with E-state index in [9.17, 15) is 4.79 Å². The van der Waals surface area contributed by atoms with E-state index in [1.807, 2.05) is 43.1 Å². The second kappa shape index (κ2) is 12.5. The predicted molar refractivity (Wildman–Crippen MR) is 162 cm³/mol. The van der Waals surface area contributed by atoms with E-state index in [1.165, 1.54) is 0 Å². The molecule has 0 saturated heterocycles. The topological polar surface area (TPSA) is 100.0 Å². The van der Waals surface area contributed by atoms with Crippen molar-refractivity contribution >= 4 is 30.8 Å². The molecule has 41 heavy (non-hydrogen) atoms. The molecule has 0 aromatic carbocycles.